The molecule has 0 aromatic heterocycles. The Morgan fingerprint density at radius 1 is 1.20 bits per heavy atom. The van der Waals surface area contributed by atoms with Crippen molar-refractivity contribution in [2.75, 3.05) is 12.1 Å². The number of hydrogen-bond donors (Lipinski definition) is 2. The standard InChI is InChI=1S/C18H14ClNO5/c1-10(21)20-14-8-16(23)12(7-13(14)19)15(22)4-2-11-3-5-17-18(6-11)25-9-24-17/h2-8,23H,9H2,1H3,(H,20,21)/b4-2+. The zero-order valence-corrected chi connectivity index (χ0v) is 14.0. The van der Waals surface area contributed by atoms with Crippen molar-refractivity contribution in [2.24, 2.45) is 0 Å². The van der Waals surface area contributed by atoms with Gasteiger partial charge in [0.2, 0.25) is 12.7 Å². The second-order valence-corrected chi connectivity index (χ2v) is 5.75. The number of nitrogens with one attached hydrogen (secondary N) is 1. The number of rotatable bonds is 4. The van der Waals surface area contributed by atoms with Crippen LogP contribution in [0.15, 0.2) is 36.4 Å². The van der Waals surface area contributed by atoms with Gasteiger partial charge in [-0.25, -0.2) is 0 Å². The molecule has 3 rings (SSSR count). The molecule has 0 bridgehead atoms. The summed E-state index contributed by atoms with van der Waals surface area (Å²) in [6.45, 7) is 1.50. The summed E-state index contributed by atoms with van der Waals surface area (Å²) in [5, 5.41) is 12.7. The van der Waals surface area contributed by atoms with Crippen molar-refractivity contribution in [1.29, 1.82) is 0 Å². The molecule has 0 spiro atoms. The third-order valence-corrected chi connectivity index (χ3v) is 3.80. The lowest BCUT2D eigenvalue weighted by molar-refractivity contribution is -0.114. The fourth-order valence-electron chi connectivity index (χ4n) is 2.32. The Morgan fingerprint density at radius 3 is 2.72 bits per heavy atom. The number of phenols is 1. The van der Waals surface area contributed by atoms with Gasteiger partial charge in [-0.15, -0.1) is 0 Å². The van der Waals surface area contributed by atoms with Crippen molar-refractivity contribution >= 4 is 35.1 Å². The first-order valence-electron chi connectivity index (χ1n) is 7.36. The van der Waals surface area contributed by atoms with Crippen LogP contribution in [0.5, 0.6) is 17.2 Å². The van der Waals surface area contributed by atoms with Gasteiger partial charge in [-0.3, -0.25) is 9.59 Å². The molecule has 1 aliphatic rings. The fraction of sp³-hybridized carbons (Fsp3) is 0.111. The highest BCUT2D eigenvalue weighted by molar-refractivity contribution is 6.34. The van der Waals surface area contributed by atoms with Crippen molar-refractivity contribution in [3.05, 3.63) is 52.6 Å². The van der Waals surface area contributed by atoms with E-state index < -0.39 is 5.78 Å². The van der Waals surface area contributed by atoms with Crippen LogP contribution in [0.25, 0.3) is 6.08 Å². The maximum absolute atomic E-state index is 12.3. The smallest absolute Gasteiger partial charge is 0.231 e. The van der Waals surface area contributed by atoms with Crippen LogP contribution < -0.4 is 14.8 Å². The van der Waals surface area contributed by atoms with E-state index >= 15 is 0 Å². The highest BCUT2D eigenvalue weighted by Crippen LogP contribution is 2.33. The molecular formula is C18H14ClNO5. The minimum atomic E-state index is -0.425. The van der Waals surface area contributed by atoms with Gasteiger partial charge in [0, 0.05) is 13.0 Å². The van der Waals surface area contributed by atoms with Crippen LogP contribution in [0, 0.1) is 0 Å². The van der Waals surface area contributed by atoms with Crippen molar-refractivity contribution in [2.45, 2.75) is 6.92 Å². The summed E-state index contributed by atoms with van der Waals surface area (Å²) in [5.74, 6) is 0.240. The van der Waals surface area contributed by atoms with E-state index in [1.54, 1.807) is 24.3 Å². The van der Waals surface area contributed by atoms with Crippen LogP contribution in [-0.2, 0) is 4.79 Å². The number of carbonyl (C=O) groups excluding carboxylic acids is 2. The number of anilines is 1. The molecule has 0 atom stereocenters. The van der Waals surface area contributed by atoms with Gasteiger partial charge in [-0.05, 0) is 29.8 Å². The normalized spacial score (nSPS) is 12.4. The van der Waals surface area contributed by atoms with Gasteiger partial charge in [0.05, 0.1) is 16.3 Å². The molecule has 1 aliphatic heterocycles. The Morgan fingerprint density at radius 2 is 1.96 bits per heavy atom. The molecule has 2 aromatic carbocycles. The van der Waals surface area contributed by atoms with E-state index in [2.05, 4.69) is 5.32 Å². The van der Waals surface area contributed by atoms with E-state index in [0.29, 0.717) is 11.5 Å². The Kier molecular flexibility index (Phi) is 4.63. The maximum Gasteiger partial charge on any atom is 0.231 e. The number of benzene rings is 2. The first kappa shape index (κ1) is 16.9. The number of aromatic hydroxyl groups is 1. The van der Waals surface area contributed by atoms with E-state index in [1.807, 2.05) is 0 Å². The molecule has 0 saturated heterocycles. The van der Waals surface area contributed by atoms with E-state index in [-0.39, 0.29) is 34.7 Å². The number of ketones is 1. The highest BCUT2D eigenvalue weighted by Gasteiger charge is 2.15. The lowest BCUT2D eigenvalue weighted by atomic mass is 10.1. The Labute approximate surface area is 148 Å². The van der Waals surface area contributed by atoms with Crippen molar-refractivity contribution in [3.8, 4) is 17.2 Å². The largest absolute Gasteiger partial charge is 0.507 e. The summed E-state index contributed by atoms with van der Waals surface area (Å²) in [6.07, 6.45) is 2.92. The summed E-state index contributed by atoms with van der Waals surface area (Å²) in [4.78, 5) is 23.4. The summed E-state index contributed by atoms with van der Waals surface area (Å²) < 4.78 is 10.5. The van der Waals surface area contributed by atoms with Crippen LogP contribution in [0.4, 0.5) is 5.69 Å². The number of ether oxygens (including phenoxy) is 2. The van der Waals surface area contributed by atoms with Crippen molar-refractivity contribution < 1.29 is 24.2 Å². The summed E-state index contributed by atoms with van der Waals surface area (Å²) >= 11 is 6.04. The van der Waals surface area contributed by atoms with Gasteiger partial charge in [0.25, 0.3) is 0 Å². The third kappa shape index (κ3) is 3.75. The fourth-order valence-corrected chi connectivity index (χ4v) is 2.53. The number of fused-ring (bicyclic) bond motifs is 1. The maximum atomic E-state index is 12.3. The average Bonchev–Trinajstić information content (AvgIpc) is 3.03. The lowest BCUT2D eigenvalue weighted by Gasteiger charge is -2.08. The predicted octanol–water partition coefficient (Wildman–Crippen LogP) is 3.63. The highest BCUT2D eigenvalue weighted by atomic mass is 35.5. The quantitative estimate of drug-likeness (QED) is 0.643. The zero-order chi connectivity index (χ0) is 18.0. The summed E-state index contributed by atoms with van der Waals surface area (Å²) in [5.41, 5.74) is 1.03. The molecule has 6 nitrogen and oxygen atoms in total. The van der Waals surface area contributed by atoms with Gasteiger partial charge in [0.15, 0.2) is 17.3 Å². The molecule has 0 unspecified atom stereocenters. The zero-order valence-electron chi connectivity index (χ0n) is 13.2. The summed E-state index contributed by atoms with van der Waals surface area (Å²) in [7, 11) is 0. The molecule has 1 heterocycles. The van der Waals surface area contributed by atoms with E-state index in [4.69, 9.17) is 21.1 Å². The van der Waals surface area contributed by atoms with Gasteiger partial charge in [-0.2, -0.15) is 0 Å². The van der Waals surface area contributed by atoms with E-state index in [9.17, 15) is 14.7 Å². The molecule has 0 radical (unpaired) electrons. The Hall–Kier alpha value is -2.99. The predicted molar refractivity (Wildman–Crippen MR) is 93.4 cm³/mol. The second-order valence-electron chi connectivity index (χ2n) is 5.34. The molecule has 2 aromatic rings. The molecular weight excluding hydrogens is 346 g/mol. The molecule has 25 heavy (non-hydrogen) atoms. The first-order chi connectivity index (χ1) is 11.9. The third-order valence-electron chi connectivity index (χ3n) is 3.49. The van der Waals surface area contributed by atoms with Gasteiger partial charge in [-0.1, -0.05) is 23.7 Å². The van der Waals surface area contributed by atoms with Crippen LogP contribution >= 0.6 is 11.6 Å². The minimum Gasteiger partial charge on any atom is -0.507 e. The SMILES string of the molecule is CC(=O)Nc1cc(O)c(C(=O)/C=C/c2ccc3c(c2)OCO3)cc1Cl. The first-order valence-corrected chi connectivity index (χ1v) is 7.74. The molecule has 0 saturated carbocycles. The lowest BCUT2D eigenvalue weighted by Crippen LogP contribution is -2.07. The van der Waals surface area contributed by atoms with Crippen LogP contribution in [-0.4, -0.2) is 23.6 Å². The number of hydrogen-bond acceptors (Lipinski definition) is 5. The second kappa shape index (κ2) is 6.86. The van der Waals surface area contributed by atoms with Crippen molar-refractivity contribution in [1.82, 2.24) is 0 Å². The minimum absolute atomic E-state index is 0.0381. The van der Waals surface area contributed by atoms with E-state index in [0.717, 1.165) is 5.56 Å². The number of halogens is 1. The number of amides is 1. The van der Waals surface area contributed by atoms with Crippen LogP contribution in [0.1, 0.15) is 22.8 Å². The number of phenolic OH excluding ortho intramolecular Hbond substituents is 1. The van der Waals surface area contributed by atoms with Gasteiger partial charge < -0.3 is 19.9 Å². The van der Waals surface area contributed by atoms with Crippen LogP contribution in [0.2, 0.25) is 5.02 Å². The summed E-state index contributed by atoms with van der Waals surface area (Å²) in [6, 6.07) is 7.84. The monoisotopic (exact) mass is 359 g/mol. The van der Waals surface area contributed by atoms with Gasteiger partial charge >= 0.3 is 0 Å². The topological polar surface area (TPSA) is 84.9 Å². The van der Waals surface area contributed by atoms with E-state index in [1.165, 1.54) is 25.1 Å². The Balaban J connectivity index is 1.81. The molecule has 7 heteroatoms. The van der Waals surface area contributed by atoms with Crippen molar-refractivity contribution in [3.63, 3.8) is 0 Å². The molecule has 0 aliphatic carbocycles. The molecule has 2 N–H and O–H groups in total. The van der Waals surface area contributed by atoms with Crippen LogP contribution in [0.3, 0.4) is 0 Å². The average molecular weight is 360 g/mol. The number of allylic oxidation sites excluding steroid dienone is 1. The molecule has 128 valence electrons. The molecule has 0 fully saturated rings. The Bertz CT molecular complexity index is 891. The van der Waals surface area contributed by atoms with Gasteiger partial charge in [0.1, 0.15) is 5.75 Å². The number of carbonyl (C=O) groups is 2. The molecule has 1 amide bonds.